The van der Waals surface area contributed by atoms with Gasteiger partial charge >= 0.3 is 0 Å². The lowest BCUT2D eigenvalue weighted by atomic mass is 10.2. The second kappa shape index (κ2) is 5.90. The summed E-state index contributed by atoms with van der Waals surface area (Å²) in [6.45, 7) is 1.73. The van der Waals surface area contributed by atoms with Crippen molar-refractivity contribution in [2.24, 2.45) is 5.73 Å². The summed E-state index contributed by atoms with van der Waals surface area (Å²) in [5.41, 5.74) is 9.19. The van der Waals surface area contributed by atoms with Crippen molar-refractivity contribution in [3.8, 4) is 0 Å². The van der Waals surface area contributed by atoms with Gasteiger partial charge in [-0.2, -0.15) is 0 Å². The van der Waals surface area contributed by atoms with Gasteiger partial charge in [0.1, 0.15) is 6.73 Å². The highest BCUT2D eigenvalue weighted by Crippen LogP contribution is 2.18. The Labute approximate surface area is 118 Å². The number of benzene rings is 2. The molecule has 1 aromatic heterocycles. The quantitative estimate of drug-likeness (QED) is 0.770. The van der Waals surface area contributed by atoms with Crippen molar-refractivity contribution in [1.29, 1.82) is 0 Å². The lowest BCUT2D eigenvalue weighted by Crippen LogP contribution is -2.02. The SMILES string of the molecule is NCc1ccc2ccn(COCc3ccccc3)c2c1. The van der Waals surface area contributed by atoms with E-state index in [1.54, 1.807) is 0 Å². The van der Waals surface area contributed by atoms with E-state index in [0.29, 0.717) is 19.9 Å². The molecule has 0 radical (unpaired) electrons. The molecule has 0 spiro atoms. The fourth-order valence-electron chi connectivity index (χ4n) is 2.31. The van der Waals surface area contributed by atoms with Gasteiger partial charge in [-0.1, -0.05) is 42.5 Å². The number of rotatable bonds is 5. The van der Waals surface area contributed by atoms with Crippen molar-refractivity contribution in [2.75, 3.05) is 0 Å². The van der Waals surface area contributed by atoms with Crippen LogP contribution in [0.4, 0.5) is 0 Å². The molecule has 0 aliphatic carbocycles. The Balaban J connectivity index is 1.71. The fourth-order valence-corrected chi connectivity index (χ4v) is 2.31. The number of nitrogens with two attached hydrogens (primary N) is 1. The molecular weight excluding hydrogens is 248 g/mol. The molecule has 102 valence electrons. The second-order valence-electron chi connectivity index (χ2n) is 4.85. The summed E-state index contributed by atoms with van der Waals surface area (Å²) < 4.78 is 7.89. The van der Waals surface area contributed by atoms with Gasteiger partial charge in [0.2, 0.25) is 0 Å². The van der Waals surface area contributed by atoms with Gasteiger partial charge < -0.3 is 15.0 Å². The first-order valence-electron chi connectivity index (χ1n) is 6.76. The molecule has 0 aliphatic rings. The van der Waals surface area contributed by atoms with Crippen LogP contribution in [0.25, 0.3) is 10.9 Å². The molecule has 0 atom stereocenters. The monoisotopic (exact) mass is 266 g/mol. The van der Waals surface area contributed by atoms with E-state index < -0.39 is 0 Å². The van der Waals surface area contributed by atoms with Gasteiger partial charge in [-0.3, -0.25) is 0 Å². The molecule has 20 heavy (non-hydrogen) atoms. The van der Waals surface area contributed by atoms with E-state index in [1.165, 1.54) is 16.5 Å². The van der Waals surface area contributed by atoms with Crippen molar-refractivity contribution in [3.05, 3.63) is 71.9 Å². The lowest BCUT2D eigenvalue weighted by molar-refractivity contribution is 0.0668. The van der Waals surface area contributed by atoms with Crippen molar-refractivity contribution in [2.45, 2.75) is 19.9 Å². The summed E-state index contributed by atoms with van der Waals surface area (Å²) in [6.07, 6.45) is 2.05. The van der Waals surface area contributed by atoms with Crippen LogP contribution in [0.2, 0.25) is 0 Å². The van der Waals surface area contributed by atoms with Gasteiger partial charge in [0.25, 0.3) is 0 Å². The summed E-state index contributed by atoms with van der Waals surface area (Å²) >= 11 is 0. The van der Waals surface area contributed by atoms with E-state index in [0.717, 1.165) is 5.56 Å². The van der Waals surface area contributed by atoms with E-state index in [-0.39, 0.29) is 0 Å². The van der Waals surface area contributed by atoms with Gasteiger partial charge in [-0.05, 0) is 28.6 Å². The van der Waals surface area contributed by atoms with Crippen LogP contribution in [0.5, 0.6) is 0 Å². The Morgan fingerprint density at radius 1 is 0.950 bits per heavy atom. The topological polar surface area (TPSA) is 40.2 Å². The molecule has 0 fully saturated rings. The molecule has 3 nitrogen and oxygen atoms in total. The van der Waals surface area contributed by atoms with Crippen LogP contribution >= 0.6 is 0 Å². The lowest BCUT2D eigenvalue weighted by Gasteiger charge is -2.08. The molecule has 1 heterocycles. The minimum absolute atomic E-state index is 0.548. The van der Waals surface area contributed by atoms with Crippen LogP contribution < -0.4 is 5.73 Å². The average molecular weight is 266 g/mol. The standard InChI is InChI=1S/C17H18N2O/c18-11-15-6-7-16-8-9-19(17(16)10-15)13-20-12-14-4-2-1-3-5-14/h1-10H,11-13,18H2. The molecule has 0 bridgehead atoms. The summed E-state index contributed by atoms with van der Waals surface area (Å²) in [7, 11) is 0. The summed E-state index contributed by atoms with van der Waals surface area (Å²) in [5.74, 6) is 0. The minimum atomic E-state index is 0.548. The number of aromatic nitrogens is 1. The predicted octanol–water partition coefficient (Wildman–Crippen LogP) is 3.27. The first-order valence-corrected chi connectivity index (χ1v) is 6.76. The highest BCUT2D eigenvalue weighted by atomic mass is 16.5. The third kappa shape index (κ3) is 2.74. The molecule has 0 aliphatic heterocycles. The predicted molar refractivity (Wildman–Crippen MR) is 81.1 cm³/mol. The van der Waals surface area contributed by atoms with E-state index >= 15 is 0 Å². The van der Waals surface area contributed by atoms with E-state index in [2.05, 4.69) is 47.2 Å². The first-order chi connectivity index (χ1) is 9.86. The fraction of sp³-hybridized carbons (Fsp3) is 0.176. The van der Waals surface area contributed by atoms with Crippen LogP contribution in [0, 0.1) is 0 Å². The van der Waals surface area contributed by atoms with Crippen LogP contribution in [-0.4, -0.2) is 4.57 Å². The second-order valence-corrected chi connectivity index (χ2v) is 4.85. The molecule has 2 N–H and O–H groups in total. The van der Waals surface area contributed by atoms with Gasteiger partial charge in [-0.15, -0.1) is 0 Å². The van der Waals surface area contributed by atoms with Crippen LogP contribution in [0.15, 0.2) is 60.8 Å². The summed E-state index contributed by atoms with van der Waals surface area (Å²) in [5, 5.41) is 1.21. The number of hydrogen-bond acceptors (Lipinski definition) is 2. The minimum Gasteiger partial charge on any atom is -0.356 e. The number of fused-ring (bicyclic) bond motifs is 1. The molecule has 3 rings (SSSR count). The highest BCUT2D eigenvalue weighted by molar-refractivity contribution is 5.80. The maximum Gasteiger partial charge on any atom is 0.123 e. The largest absolute Gasteiger partial charge is 0.356 e. The number of ether oxygens (including phenoxy) is 1. The number of hydrogen-bond donors (Lipinski definition) is 1. The zero-order valence-corrected chi connectivity index (χ0v) is 11.3. The van der Waals surface area contributed by atoms with Gasteiger partial charge in [0.15, 0.2) is 0 Å². The normalized spacial score (nSPS) is 11.1. The summed E-state index contributed by atoms with van der Waals surface area (Å²) in [4.78, 5) is 0. The zero-order valence-electron chi connectivity index (χ0n) is 11.3. The Morgan fingerprint density at radius 2 is 1.80 bits per heavy atom. The van der Waals surface area contributed by atoms with E-state index in [4.69, 9.17) is 10.5 Å². The van der Waals surface area contributed by atoms with Gasteiger partial charge in [0, 0.05) is 12.7 Å². The van der Waals surface area contributed by atoms with Gasteiger partial charge in [0.05, 0.1) is 12.1 Å². The molecule has 0 unspecified atom stereocenters. The van der Waals surface area contributed by atoms with Crippen molar-refractivity contribution >= 4 is 10.9 Å². The van der Waals surface area contributed by atoms with Crippen molar-refractivity contribution in [1.82, 2.24) is 4.57 Å². The van der Waals surface area contributed by atoms with Crippen molar-refractivity contribution in [3.63, 3.8) is 0 Å². The van der Waals surface area contributed by atoms with E-state index in [1.807, 2.05) is 18.2 Å². The van der Waals surface area contributed by atoms with Crippen LogP contribution in [0.3, 0.4) is 0 Å². The molecule has 2 aromatic carbocycles. The molecule has 3 aromatic rings. The smallest absolute Gasteiger partial charge is 0.123 e. The van der Waals surface area contributed by atoms with Crippen molar-refractivity contribution < 1.29 is 4.74 Å². The molecular formula is C17H18N2O. The Bertz CT molecular complexity index is 689. The Morgan fingerprint density at radius 3 is 2.60 bits per heavy atom. The van der Waals surface area contributed by atoms with E-state index in [9.17, 15) is 0 Å². The van der Waals surface area contributed by atoms with Gasteiger partial charge in [-0.25, -0.2) is 0 Å². The Hall–Kier alpha value is -2.10. The van der Waals surface area contributed by atoms with Crippen LogP contribution in [-0.2, 0) is 24.6 Å². The van der Waals surface area contributed by atoms with Crippen LogP contribution in [0.1, 0.15) is 11.1 Å². The third-order valence-corrected chi connectivity index (χ3v) is 3.42. The average Bonchev–Trinajstić information content (AvgIpc) is 2.91. The first kappa shape index (κ1) is 12.9. The highest BCUT2D eigenvalue weighted by Gasteiger charge is 2.02. The maximum absolute atomic E-state index is 5.78. The summed E-state index contributed by atoms with van der Waals surface area (Å²) in [6, 6.07) is 18.6. The molecule has 0 saturated heterocycles. The molecule has 3 heteroatoms. The number of nitrogens with zero attached hydrogens (tertiary/aromatic N) is 1. The maximum atomic E-state index is 5.78. The Kier molecular flexibility index (Phi) is 3.81. The molecule has 0 amide bonds. The third-order valence-electron chi connectivity index (χ3n) is 3.42. The molecule has 0 saturated carbocycles. The zero-order chi connectivity index (χ0) is 13.8.